The first kappa shape index (κ1) is 20.8. The van der Waals surface area contributed by atoms with Crippen molar-refractivity contribution in [2.75, 3.05) is 0 Å². The van der Waals surface area contributed by atoms with Crippen LogP contribution in [-0.4, -0.2) is 18.9 Å². The number of aromatic nitrogens is 1. The van der Waals surface area contributed by atoms with E-state index in [0.717, 1.165) is 0 Å². The first-order chi connectivity index (χ1) is 19.4. The van der Waals surface area contributed by atoms with Crippen molar-refractivity contribution in [3.8, 4) is 0 Å². The summed E-state index contributed by atoms with van der Waals surface area (Å²) in [6.07, 6.45) is 0. The van der Waals surface area contributed by atoms with Crippen molar-refractivity contribution in [3.63, 3.8) is 0 Å². The molecular formula is C36H19NSSe. The molecule has 6 aromatic carbocycles. The van der Waals surface area contributed by atoms with Crippen molar-refractivity contribution in [2.24, 2.45) is 0 Å². The van der Waals surface area contributed by atoms with E-state index in [2.05, 4.69) is 120 Å². The number of hydrogen-bond acceptors (Lipinski definition) is 1. The topological polar surface area (TPSA) is 4.41 Å². The SMILES string of the molecule is c1ccc2c(c1)[se]c1c2ccc2c1c1cccc3c4ccccc4c4cccc5sc6cccc(c6c54)n2c31. The van der Waals surface area contributed by atoms with E-state index < -0.39 is 0 Å². The maximum absolute atomic E-state index is 2.59. The Morgan fingerprint density at radius 3 is 1.97 bits per heavy atom. The summed E-state index contributed by atoms with van der Waals surface area (Å²) in [7, 11) is 0. The Morgan fingerprint density at radius 2 is 1.08 bits per heavy atom. The Labute approximate surface area is 232 Å². The van der Waals surface area contributed by atoms with Crippen molar-refractivity contribution in [1.82, 2.24) is 4.40 Å². The van der Waals surface area contributed by atoms with Crippen LogP contribution in [0, 0.1) is 0 Å². The third-order valence-corrected chi connectivity index (χ3v) is 12.2. The van der Waals surface area contributed by atoms with Gasteiger partial charge in [0.05, 0.1) is 0 Å². The fraction of sp³-hybridized carbons (Fsp3) is 0. The summed E-state index contributed by atoms with van der Waals surface area (Å²) in [6.45, 7) is 0. The predicted octanol–water partition coefficient (Wildman–Crippen LogP) is 10.3. The molecule has 0 fully saturated rings. The molecule has 0 aliphatic rings. The molecule has 0 bridgehead atoms. The van der Waals surface area contributed by atoms with Crippen molar-refractivity contribution < 1.29 is 0 Å². The fourth-order valence-corrected chi connectivity index (χ4v) is 10.8. The van der Waals surface area contributed by atoms with Gasteiger partial charge in [-0.2, -0.15) is 0 Å². The van der Waals surface area contributed by atoms with Crippen LogP contribution in [0.1, 0.15) is 0 Å². The molecule has 0 saturated carbocycles. The molecule has 0 unspecified atom stereocenters. The van der Waals surface area contributed by atoms with E-state index in [4.69, 9.17) is 0 Å². The van der Waals surface area contributed by atoms with E-state index in [0.29, 0.717) is 0 Å². The molecule has 0 amide bonds. The van der Waals surface area contributed by atoms with Crippen molar-refractivity contribution >= 4 is 114 Å². The zero-order valence-corrected chi connectivity index (χ0v) is 23.3. The Bertz CT molecular complexity index is 2670. The molecule has 1 nitrogen and oxygen atoms in total. The van der Waals surface area contributed by atoms with E-state index in [1.165, 1.54) is 88.3 Å². The van der Waals surface area contributed by atoms with Crippen LogP contribution in [0.25, 0.3) is 88.3 Å². The zero-order valence-electron chi connectivity index (χ0n) is 20.7. The molecule has 180 valence electrons. The molecule has 0 N–H and O–H groups in total. The number of hydrogen-bond donors (Lipinski definition) is 0. The Morgan fingerprint density at radius 1 is 0.436 bits per heavy atom. The van der Waals surface area contributed by atoms with Gasteiger partial charge in [-0.1, -0.05) is 0 Å². The van der Waals surface area contributed by atoms with Gasteiger partial charge in [0.1, 0.15) is 0 Å². The molecule has 0 saturated heterocycles. The molecule has 39 heavy (non-hydrogen) atoms. The molecular weight excluding hydrogens is 557 g/mol. The van der Waals surface area contributed by atoms with Crippen LogP contribution in [0.4, 0.5) is 0 Å². The minimum atomic E-state index is 0.282. The summed E-state index contributed by atoms with van der Waals surface area (Å²) in [5, 5.41) is 13.6. The average Bonchev–Trinajstić information content (AvgIpc) is 3.66. The number of para-hydroxylation sites is 1. The number of nitrogens with zero attached hydrogens (tertiary/aromatic N) is 1. The minimum absolute atomic E-state index is 0.282. The van der Waals surface area contributed by atoms with Gasteiger partial charge in [0.2, 0.25) is 0 Å². The van der Waals surface area contributed by atoms with Gasteiger partial charge in [-0.25, -0.2) is 0 Å². The summed E-state index contributed by atoms with van der Waals surface area (Å²) in [6, 6.07) is 43.4. The summed E-state index contributed by atoms with van der Waals surface area (Å²) >= 11 is 2.19. The molecule has 0 radical (unpaired) electrons. The normalized spacial score (nSPS) is 12.6. The van der Waals surface area contributed by atoms with Gasteiger partial charge in [-0.15, -0.1) is 0 Å². The van der Waals surface area contributed by atoms with Gasteiger partial charge in [0, 0.05) is 0 Å². The van der Waals surface area contributed by atoms with E-state index in [1.54, 1.807) is 0 Å². The summed E-state index contributed by atoms with van der Waals surface area (Å²) in [4.78, 5) is 0. The van der Waals surface area contributed by atoms with Crippen LogP contribution in [-0.2, 0) is 0 Å². The van der Waals surface area contributed by atoms with Crippen LogP contribution in [0.15, 0.2) is 115 Å². The van der Waals surface area contributed by atoms with Crippen LogP contribution < -0.4 is 0 Å². The molecule has 4 aromatic heterocycles. The second kappa shape index (κ2) is 7.28. The third-order valence-electron chi connectivity index (χ3n) is 8.54. The van der Waals surface area contributed by atoms with Crippen LogP contribution in [0.2, 0.25) is 0 Å². The van der Waals surface area contributed by atoms with Crippen LogP contribution in [0.5, 0.6) is 0 Å². The molecule has 0 spiro atoms. The van der Waals surface area contributed by atoms with Crippen molar-refractivity contribution in [2.45, 2.75) is 0 Å². The molecule has 10 aromatic rings. The average molecular weight is 577 g/mol. The fourth-order valence-electron chi connectivity index (χ4n) is 7.01. The summed E-state index contributed by atoms with van der Waals surface area (Å²) in [5.74, 6) is 0. The Hall–Kier alpha value is -4.14. The third kappa shape index (κ3) is 2.52. The molecule has 0 aliphatic heterocycles. The first-order valence-corrected chi connectivity index (χ1v) is 15.8. The number of benzene rings is 6. The van der Waals surface area contributed by atoms with Gasteiger partial charge in [0.25, 0.3) is 0 Å². The maximum atomic E-state index is 2.59. The molecule has 10 rings (SSSR count). The van der Waals surface area contributed by atoms with Crippen molar-refractivity contribution in [3.05, 3.63) is 115 Å². The second-order valence-electron chi connectivity index (χ2n) is 10.4. The molecule has 0 aliphatic carbocycles. The Kier molecular flexibility index (Phi) is 3.88. The first-order valence-electron chi connectivity index (χ1n) is 13.3. The summed E-state index contributed by atoms with van der Waals surface area (Å²) in [5.41, 5.74) is 3.92. The van der Waals surface area contributed by atoms with Crippen LogP contribution >= 0.6 is 11.3 Å². The monoisotopic (exact) mass is 577 g/mol. The van der Waals surface area contributed by atoms with Crippen molar-refractivity contribution in [1.29, 1.82) is 0 Å². The number of fused-ring (bicyclic) bond motifs is 11. The van der Waals surface area contributed by atoms with E-state index in [1.807, 2.05) is 11.3 Å². The predicted molar refractivity (Wildman–Crippen MR) is 172 cm³/mol. The standard InChI is InChI=1S/C36H19NSSe/c1-2-9-21-20(8-1)23-11-6-15-29-33(23)34-27(14-7-16-30(34)38-29)37-28-19-18-25-22-10-3-4-17-31(22)39-36(25)32(28)26-13-5-12-24(21)35(26)37/h1-19H. The number of rotatable bonds is 0. The van der Waals surface area contributed by atoms with Gasteiger partial charge in [0.15, 0.2) is 0 Å². The van der Waals surface area contributed by atoms with Crippen LogP contribution in [0.3, 0.4) is 0 Å². The van der Waals surface area contributed by atoms with E-state index in [-0.39, 0.29) is 14.5 Å². The van der Waals surface area contributed by atoms with Gasteiger partial charge in [-0.05, 0) is 0 Å². The van der Waals surface area contributed by atoms with E-state index >= 15 is 0 Å². The molecule has 4 heterocycles. The van der Waals surface area contributed by atoms with Gasteiger partial charge < -0.3 is 0 Å². The second-order valence-corrected chi connectivity index (χ2v) is 13.7. The Balaban J connectivity index is 1.65. The van der Waals surface area contributed by atoms with Gasteiger partial charge in [-0.3, -0.25) is 0 Å². The molecule has 0 atom stereocenters. The number of thiophene rings is 1. The zero-order chi connectivity index (χ0) is 25.2. The quantitative estimate of drug-likeness (QED) is 0.158. The van der Waals surface area contributed by atoms with E-state index in [9.17, 15) is 0 Å². The van der Waals surface area contributed by atoms with Gasteiger partial charge >= 0.3 is 234 Å². The molecule has 3 heteroatoms. The summed E-state index contributed by atoms with van der Waals surface area (Å²) < 4.78 is 8.30.